The van der Waals surface area contributed by atoms with Gasteiger partial charge in [0.05, 0.1) is 5.56 Å². The summed E-state index contributed by atoms with van der Waals surface area (Å²) in [5.74, 6) is -1.22. The van der Waals surface area contributed by atoms with E-state index in [1.807, 2.05) is 0 Å². The average Bonchev–Trinajstić information content (AvgIpc) is 2.28. The molecule has 18 heavy (non-hydrogen) atoms. The normalized spacial score (nSPS) is 13.7. The van der Waals surface area contributed by atoms with E-state index in [2.05, 4.69) is 0 Å². The highest BCUT2D eigenvalue weighted by atomic mass is 19.4. The highest BCUT2D eigenvalue weighted by Gasteiger charge is 2.36. The molecule has 5 heteroatoms. The molecule has 0 aliphatic carbocycles. The molecule has 0 amide bonds. The quantitative estimate of drug-likeness (QED) is 0.844. The van der Waals surface area contributed by atoms with Crippen LogP contribution in [0.25, 0.3) is 0 Å². The van der Waals surface area contributed by atoms with Crippen molar-refractivity contribution in [3.8, 4) is 0 Å². The van der Waals surface area contributed by atoms with Gasteiger partial charge in [-0.15, -0.1) is 0 Å². The number of Topliss-reactive ketones (excluding diaryl/α,β-unsaturated/α-hetero) is 1. The molecule has 0 aliphatic heterocycles. The van der Waals surface area contributed by atoms with Crippen LogP contribution in [0.3, 0.4) is 0 Å². The van der Waals surface area contributed by atoms with Crippen LogP contribution in [-0.4, -0.2) is 12.3 Å². The van der Waals surface area contributed by atoms with Gasteiger partial charge >= 0.3 is 6.18 Å². The van der Waals surface area contributed by atoms with Gasteiger partial charge in [-0.25, -0.2) is 0 Å². The second-order valence-electron chi connectivity index (χ2n) is 4.49. The number of benzene rings is 1. The van der Waals surface area contributed by atoms with Crippen LogP contribution >= 0.6 is 0 Å². The summed E-state index contributed by atoms with van der Waals surface area (Å²) in [7, 11) is 0. The fraction of sp³-hybridized carbons (Fsp3) is 0.462. The molecule has 2 N–H and O–H groups in total. The molecular weight excluding hydrogens is 243 g/mol. The van der Waals surface area contributed by atoms with Gasteiger partial charge in [0, 0.05) is 18.0 Å². The number of rotatable bonds is 4. The van der Waals surface area contributed by atoms with Crippen molar-refractivity contribution in [2.45, 2.75) is 20.0 Å². The predicted octanol–water partition coefficient (Wildman–Crippen LogP) is 3.12. The maximum absolute atomic E-state index is 12.8. The lowest BCUT2D eigenvalue weighted by Gasteiger charge is -2.20. The van der Waals surface area contributed by atoms with E-state index in [0.717, 1.165) is 6.07 Å². The summed E-state index contributed by atoms with van der Waals surface area (Å²) in [6.45, 7) is 3.58. The molecule has 1 unspecified atom stereocenters. The Kier molecular flexibility index (Phi) is 4.51. The summed E-state index contributed by atoms with van der Waals surface area (Å²) in [6.07, 6.45) is -4.53. The monoisotopic (exact) mass is 259 g/mol. The number of alkyl halides is 3. The van der Waals surface area contributed by atoms with E-state index < -0.39 is 23.4 Å². The molecule has 1 atom stereocenters. The fourth-order valence-corrected chi connectivity index (χ4v) is 1.83. The molecule has 0 aliphatic rings. The number of nitrogens with two attached hydrogens (primary N) is 1. The van der Waals surface area contributed by atoms with Crippen LogP contribution in [-0.2, 0) is 6.18 Å². The van der Waals surface area contributed by atoms with Crippen LogP contribution in [0.2, 0.25) is 0 Å². The highest BCUT2D eigenvalue weighted by molar-refractivity contribution is 5.99. The van der Waals surface area contributed by atoms with E-state index in [1.54, 1.807) is 13.8 Å². The molecule has 1 aromatic carbocycles. The first-order valence-corrected chi connectivity index (χ1v) is 5.69. The zero-order valence-corrected chi connectivity index (χ0v) is 10.3. The Labute approximate surface area is 104 Å². The minimum atomic E-state index is -4.53. The van der Waals surface area contributed by atoms with E-state index in [1.165, 1.54) is 18.2 Å². The van der Waals surface area contributed by atoms with Crippen LogP contribution < -0.4 is 5.73 Å². The maximum atomic E-state index is 12.8. The molecule has 0 bridgehead atoms. The largest absolute Gasteiger partial charge is 0.417 e. The topological polar surface area (TPSA) is 43.1 Å². The van der Waals surface area contributed by atoms with E-state index in [0.29, 0.717) is 0 Å². The molecular formula is C13H16F3NO. The molecule has 0 saturated carbocycles. The number of hydrogen-bond acceptors (Lipinski definition) is 2. The summed E-state index contributed by atoms with van der Waals surface area (Å²) in [5.41, 5.74) is 4.28. The standard InChI is InChI=1S/C13H16F3NO/c1-8(2)10(7-17)12(18)9-5-3-4-6-11(9)13(14,15)16/h3-6,8,10H,7,17H2,1-2H3. The van der Waals surface area contributed by atoms with E-state index in [4.69, 9.17) is 5.73 Å². The second kappa shape index (κ2) is 5.52. The van der Waals surface area contributed by atoms with Gasteiger partial charge < -0.3 is 5.73 Å². The van der Waals surface area contributed by atoms with E-state index in [-0.39, 0.29) is 18.0 Å². The molecule has 0 aromatic heterocycles. The van der Waals surface area contributed by atoms with Crippen LogP contribution in [0.15, 0.2) is 24.3 Å². The second-order valence-corrected chi connectivity index (χ2v) is 4.49. The summed E-state index contributed by atoms with van der Waals surface area (Å²) in [5, 5.41) is 0. The molecule has 0 fully saturated rings. The predicted molar refractivity (Wildman–Crippen MR) is 63.2 cm³/mol. The van der Waals surface area contributed by atoms with Crippen LogP contribution in [0.4, 0.5) is 13.2 Å². The summed E-state index contributed by atoms with van der Waals surface area (Å²) in [6, 6.07) is 4.82. The number of hydrogen-bond donors (Lipinski definition) is 1. The first kappa shape index (κ1) is 14.7. The van der Waals surface area contributed by atoms with Crippen molar-refractivity contribution in [1.29, 1.82) is 0 Å². The lowest BCUT2D eigenvalue weighted by molar-refractivity contribution is -0.137. The first-order chi connectivity index (χ1) is 8.29. The Bertz CT molecular complexity index is 426. The minimum absolute atomic E-state index is 0.0443. The van der Waals surface area contributed by atoms with Gasteiger partial charge in [0.2, 0.25) is 0 Å². The van der Waals surface area contributed by atoms with Crippen molar-refractivity contribution in [3.63, 3.8) is 0 Å². The van der Waals surface area contributed by atoms with Crippen molar-refractivity contribution < 1.29 is 18.0 Å². The molecule has 100 valence electrons. The van der Waals surface area contributed by atoms with Gasteiger partial charge in [-0.1, -0.05) is 32.0 Å². The molecule has 1 rings (SSSR count). The van der Waals surface area contributed by atoms with Crippen LogP contribution in [0.1, 0.15) is 29.8 Å². The molecule has 2 nitrogen and oxygen atoms in total. The Morgan fingerprint density at radius 3 is 2.28 bits per heavy atom. The number of halogens is 3. The van der Waals surface area contributed by atoms with Gasteiger partial charge in [-0.3, -0.25) is 4.79 Å². The zero-order valence-electron chi connectivity index (χ0n) is 10.3. The van der Waals surface area contributed by atoms with Crippen LogP contribution in [0, 0.1) is 11.8 Å². The first-order valence-electron chi connectivity index (χ1n) is 5.69. The Morgan fingerprint density at radius 1 is 1.28 bits per heavy atom. The molecule has 0 heterocycles. The van der Waals surface area contributed by atoms with Crippen molar-refractivity contribution in [3.05, 3.63) is 35.4 Å². The zero-order chi connectivity index (χ0) is 13.9. The number of carbonyl (C=O) groups is 1. The lowest BCUT2D eigenvalue weighted by atomic mass is 9.86. The van der Waals surface area contributed by atoms with E-state index in [9.17, 15) is 18.0 Å². The van der Waals surface area contributed by atoms with Crippen molar-refractivity contribution in [2.75, 3.05) is 6.54 Å². The Balaban J connectivity index is 3.21. The third-order valence-corrected chi connectivity index (χ3v) is 2.89. The summed E-state index contributed by atoms with van der Waals surface area (Å²) in [4.78, 5) is 12.1. The SMILES string of the molecule is CC(C)C(CN)C(=O)c1ccccc1C(F)(F)F. The van der Waals surface area contributed by atoms with Crippen molar-refractivity contribution in [2.24, 2.45) is 17.6 Å². The molecule has 0 saturated heterocycles. The third kappa shape index (κ3) is 3.10. The van der Waals surface area contributed by atoms with Gasteiger partial charge in [0.1, 0.15) is 0 Å². The Morgan fingerprint density at radius 2 is 1.83 bits per heavy atom. The lowest BCUT2D eigenvalue weighted by Crippen LogP contribution is -2.30. The summed E-state index contributed by atoms with van der Waals surface area (Å²) >= 11 is 0. The molecule has 0 spiro atoms. The third-order valence-electron chi connectivity index (χ3n) is 2.89. The molecule has 0 radical (unpaired) electrons. The molecule has 1 aromatic rings. The van der Waals surface area contributed by atoms with E-state index >= 15 is 0 Å². The average molecular weight is 259 g/mol. The smallest absolute Gasteiger partial charge is 0.330 e. The van der Waals surface area contributed by atoms with Crippen LogP contribution in [0.5, 0.6) is 0 Å². The highest BCUT2D eigenvalue weighted by Crippen LogP contribution is 2.33. The van der Waals surface area contributed by atoms with Gasteiger partial charge in [0.25, 0.3) is 0 Å². The van der Waals surface area contributed by atoms with Gasteiger partial charge in [0.15, 0.2) is 5.78 Å². The minimum Gasteiger partial charge on any atom is -0.330 e. The van der Waals surface area contributed by atoms with Gasteiger partial charge in [-0.2, -0.15) is 13.2 Å². The van der Waals surface area contributed by atoms with Crippen molar-refractivity contribution >= 4 is 5.78 Å². The summed E-state index contributed by atoms with van der Waals surface area (Å²) < 4.78 is 38.4. The Hall–Kier alpha value is -1.36. The maximum Gasteiger partial charge on any atom is 0.417 e. The number of ketones is 1. The fourth-order valence-electron chi connectivity index (χ4n) is 1.83. The number of carbonyl (C=O) groups excluding carboxylic acids is 1. The van der Waals surface area contributed by atoms with Gasteiger partial charge in [-0.05, 0) is 12.0 Å². The van der Waals surface area contributed by atoms with Crippen molar-refractivity contribution in [1.82, 2.24) is 0 Å².